The van der Waals surface area contributed by atoms with E-state index in [1.807, 2.05) is 25.3 Å². The predicted molar refractivity (Wildman–Crippen MR) is 78.1 cm³/mol. The monoisotopic (exact) mass is 354 g/mol. The van der Waals surface area contributed by atoms with E-state index in [0.29, 0.717) is 0 Å². The van der Waals surface area contributed by atoms with Gasteiger partial charge in [-0.1, -0.05) is 28.1 Å². The number of nitrogens with one attached hydrogen (secondary N) is 1. The topological polar surface area (TPSA) is 24.9 Å². The first-order chi connectivity index (χ1) is 8.15. The summed E-state index contributed by atoms with van der Waals surface area (Å²) in [6.45, 7) is 2.79. The molecule has 0 atom stereocenters. The van der Waals surface area contributed by atoms with Crippen LogP contribution >= 0.6 is 31.9 Å². The Morgan fingerprint density at radius 1 is 1.18 bits per heavy atom. The molecule has 1 aromatic heterocycles. The number of anilines is 1. The van der Waals surface area contributed by atoms with Crippen molar-refractivity contribution in [2.45, 2.75) is 13.5 Å². The molecule has 17 heavy (non-hydrogen) atoms. The van der Waals surface area contributed by atoms with Gasteiger partial charge in [0.25, 0.3) is 0 Å². The number of nitrogens with zero attached hydrogens (tertiary/aromatic N) is 1. The van der Waals surface area contributed by atoms with E-state index in [9.17, 15) is 0 Å². The number of aromatic nitrogens is 1. The predicted octanol–water partition coefficient (Wildman–Crippen LogP) is 4.53. The van der Waals surface area contributed by atoms with Gasteiger partial charge in [0, 0.05) is 17.2 Å². The van der Waals surface area contributed by atoms with Gasteiger partial charge in [0.15, 0.2) is 0 Å². The highest BCUT2D eigenvalue weighted by atomic mass is 79.9. The van der Waals surface area contributed by atoms with Crippen LogP contribution in [0.4, 0.5) is 5.82 Å². The summed E-state index contributed by atoms with van der Waals surface area (Å²) < 4.78 is 2.09. The highest BCUT2D eigenvalue weighted by Gasteiger charge is 2.01. The van der Waals surface area contributed by atoms with Gasteiger partial charge < -0.3 is 5.32 Å². The molecule has 0 aliphatic carbocycles. The summed E-state index contributed by atoms with van der Waals surface area (Å²) in [4.78, 5) is 4.34. The van der Waals surface area contributed by atoms with Gasteiger partial charge in [-0.2, -0.15) is 0 Å². The Morgan fingerprint density at radius 2 is 1.88 bits per heavy atom. The summed E-state index contributed by atoms with van der Waals surface area (Å²) in [6.07, 6.45) is 1.86. The third kappa shape index (κ3) is 3.54. The smallest absolute Gasteiger partial charge is 0.140 e. The minimum absolute atomic E-state index is 0.766. The summed E-state index contributed by atoms with van der Waals surface area (Å²) in [6, 6.07) is 10.3. The van der Waals surface area contributed by atoms with Gasteiger partial charge in [-0.25, -0.2) is 4.98 Å². The summed E-state index contributed by atoms with van der Waals surface area (Å²) in [5.41, 5.74) is 2.37. The molecule has 4 heteroatoms. The van der Waals surface area contributed by atoms with E-state index in [-0.39, 0.29) is 0 Å². The summed E-state index contributed by atoms with van der Waals surface area (Å²) in [7, 11) is 0. The minimum Gasteiger partial charge on any atom is -0.365 e. The van der Waals surface area contributed by atoms with Crippen molar-refractivity contribution in [3.8, 4) is 0 Å². The molecule has 0 amide bonds. The van der Waals surface area contributed by atoms with Gasteiger partial charge in [-0.3, -0.25) is 0 Å². The Bertz CT molecular complexity index is 509. The van der Waals surface area contributed by atoms with Crippen molar-refractivity contribution in [3.05, 3.63) is 56.6 Å². The quantitative estimate of drug-likeness (QED) is 0.875. The van der Waals surface area contributed by atoms with Crippen molar-refractivity contribution in [3.63, 3.8) is 0 Å². The van der Waals surface area contributed by atoms with Crippen LogP contribution in [-0.2, 0) is 6.54 Å². The Labute approximate surface area is 118 Å². The van der Waals surface area contributed by atoms with Crippen LogP contribution in [-0.4, -0.2) is 4.98 Å². The van der Waals surface area contributed by atoms with E-state index in [1.54, 1.807) is 0 Å². The van der Waals surface area contributed by atoms with Crippen molar-refractivity contribution in [2.75, 3.05) is 5.32 Å². The number of aryl methyl sites for hydroxylation is 1. The van der Waals surface area contributed by atoms with Crippen molar-refractivity contribution in [2.24, 2.45) is 0 Å². The Balaban J connectivity index is 2.04. The number of pyridine rings is 1. The van der Waals surface area contributed by atoms with Crippen LogP contribution in [0.1, 0.15) is 11.1 Å². The van der Waals surface area contributed by atoms with Crippen LogP contribution in [0.5, 0.6) is 0 Å². The second-order valence-corrected chi connectivity index (χ2v) is 5.59. The van der Waals surface area contributed by atoms with Gasteiger partial charge in [0.1, 0.15) is 5.82 Å². The molecule has 0 saturated carbocycles. The average molecular weight is 356 g/mol. The number of benzene rings is 1. The molecule has 0 bridgehead atoms. The number of hydrogen-bond acceptors (Lipinski definition) is 2. The van der Waals surface area contributed by atoms with Crippen molar-refractivity contribution >= 4 is 37.7 Å². The molecule has 2 nitrogen and oxygen atoms in total. The number of halogens is 2. The third-order valence-corrected chi connectivity index (χ3v) is 3.48. The van der Waals surface area contributed by atoms with Gasteiger partial charge in [-0.05, 0) is 52.2 Å². The molecule has 0 fully saturated rings. The highest BCUT2D eigenvalue weighted by molar-refractivity contribution is 9.10. The molecular formula is C13H12Br2N2. The van der Waals surface area contributed by atoms with Gasteiger partial charge in [-0.15, -0.1) is 0 Å². The lowest BCUT2D eigenvalue weighted by Gasteiger charge is -2.08. The van der Waals surface area contributed by atoms with E-state index in [0.717, 1.165) is 26.9 Å². The van der Waals surface area contributed by atoms with E-state index in [2.05, 4.69) is 60.4 Å². The Hall–Kier alpha value is -0.870. The second kappa shape index (κ2) is 5.65. The fourth-order valence-corrected chi connectivity index (χ4v) is 2.32. The van der Waals surface area contributed by atoms with E-state index in [1.165, 1.54) is 5.56 Å². The van der Waals surface area contributed by atoms with Crippen LogP contribution in [0, 0.1) is 6.92 Å². The van der Waals surface area contributed by atoms with E-state index < -0.39 is 0 Å². The lowest BCUT2D eigenvalue weighted by molar-refractivity contribution is 1.10. The molecule has 88 valence electrons. The van der Waals surface area contributed by atoms with Gasteiger partial charge in [0.2, 0.25) is 0 Å². The maximum Gasteiger partial charge on any atom is 0.140 e. The van der Waals surface area contributed by atoms with Crippen LogP contribution in [0.3, 0.4) is 0 Å². The average Bonchev–Trinajstić information content (AvgIpc) is 2.30. The zero-order valence-electron chi connectivity index (χ0n) is 9.37. The normalized spacial score (nSPS) is 10.3. The molecule has 0 unspecified atom stereocenters. The molecule has 0 aliphatic heterocycles. The van der Waals surface area contributed by atoms with Gasteiger partial charge >= 0.3 is 0 Å². The summed E-state index contributed by atoms with van der Waals surface area (Å²) in [5.74, 6) is 0.874. The minimum atomic E-state index is 0.766. The molecule has 0 aliphatic rings. The molecule has 1 heterocycles. The van der Waals surface area contributed by atoms with Crippen molar-refractivity contribution in [1.29, 1.82) is 0 Å². The largest absolute Gasteiger partial charge is 0.365 e. The first-order valence-electron chi connectivity index (χ1n) is 5.25. The van der Waals surface area contributed by atoms with Crippen LogP contribution in [0.2, 0.25) is 0 Å². The van der Waals surface area contributed by atoms with Crippen LogP contribution in [0.25, 0.3) is 0 Å². The Morgan fingerprint density at radius 3 is 2.53 bits per heavy atom. The first-order valence-corrected chi connectivity index (χ1v) is 6.84. The third-order valence-electron chi connectivity index (χ3n) is 2.35. The Kier molecular flexibility index (Phi) is 4.18. The van der Waals surface area contributed by atoms with E-state index >= 15 is 0 Å². The van der Waals surface area contributed by atoms with Gasteiger partial charge in [0.05, 0.1) is 4.47 Å². The summed E-state index contributed by atoms with van der Waals surface area (Å²) >= 11 is 6.92. The molecule has 0 saturated heterocycles. The van der Waals surface area contributed by atoms with Crippen LogP contribution < -0.4 is 5.32 Å². The molecule has 2 rings (SSSR count). The second-order valence-electron chi connectivity index (χ2n) is 3.82. The molecule has 0 radical (unpaired) electrons. The number of rotatable bonds is 3. The maximum atomic E-state index is 4.34. The molecule has 1 aromatic carbocycles. The van der Waals surface area contributed by atoms with Crippen LogP contribution in [0.15, 0.2) is 45.5 Å². The molecule has 1 N–H and O–H groups in total. The standard InChI is InChI=1S/C13H12Br2N2/c1-9-6-12(15)13(16-7-9)17-8-10-2-4-11(14)5-3-10/h2-7H,8H2,1H3,(H,16,17). The molecular weight excluding hydrogens is 344 g/mol. The zero-order chi connectivity index (χ0) is 12.3. The fraction of sp³-hybridized carbons (Fsp3) is 0.154. The molecule has 0 spiro atoms. The van der Waals surface area contributed by atoms with E-state index in [4.69, 9.17) is 0 Å². The lowest BCUT2D eigenvalue weighted by atomic mass is 10.2. The van der Waals surface area contributed by atoms with Crippen molar-refractivity contribution in [1.82, 2.24) is 4.98 Å². The fourth-order valence-electron chi connectivity index (χ4n) is 1.45. The zero-order valence-corrected chi connectivity index (χ0v) is 12.5. The maximum absolute atomic E-state index is 4.34. The first kappa shape index (κ1) is 12.6. The van der Waals surface area contributed by atoms with Crippen molar-refractivity contribution < 1.29 is 0 Å². The highest BCUT2D eigenvalue weighted by Crippen LogP contribution is 2.21. The molecule has 2 aromatic rings. The lowest BCUT2D eigenvalue weighted by Crippen LogP contribution is -2.02. The number of hydrogen-bond donors (Lipinski definition) is 1. The SMILES string of the molecule is Cc1cnc(NCc2ccc(Br)cc2)c(Br)c1. The summed E-state index contributed by atoms with van der Waals surface area (Å²) in [5, 5.41) is 3.30.